The van der Waals surface area contributed by atoms with Crippen molar-refractivity contribution in [3.63, 3.8) is 0 Å². The molecule has 0 amide bonds. The van der Waals surface area contributed by atoms with Crippen molar-refractivity contribution in [3.8, 4) is 0 Å². The van der Waals surface area contributed by atoms with Crippen LogP contribution in [0.1, 0.15) is 34.1 Å². The van der Waals surface area contributed by atoms with Gasteiger partial charge in [0.2, 0.25) is 0 Å². The van der Waals surface area contributed by atoms with Gasteiger partial charge in [0.15, 0.2) is 0 Å². The second-order valence-corrected chi connectivity index (χ2v) is 3.14. The Balaban J connectivity index is 3.84. The van der Waals surface area contributed by atoms with E-state index in [1.165, 1.54) is 5.57 Å². The molecule has 1 unspecified atom stereocenters. The van der Waals surface area contributed by atoms with Crippen molar-refractivity contribution in [2.24, 2.45) is 0 Å². The maximum atomic E-state index is 9.10. The van der Waals surface area contributed by atoms with Crippen molar-refractivity contribution in [3.05, 3.63) is 23.3 Å². The van der Waals surface area contributed by atoms with E-state index in [1.807, 2.05) is 6.92 Å². The number of aliphatic hydroxyl groups excluding tert-OH is 1. The number of aliphatic hydroxyl groups is 1. The molecular formula is C10H18O. The van der Waals surface area contributed by atoms with Crippen molar-refractivity contribution in [2.75, 3.05) is 0 Å². The maximum absolute atomic E-state index is 9.10. The minimum atomic E-state index is -0.305. The van der Waals surface area contributed by atoms with Crippen LogP contribution in [0.3, 0.4) is 0 Å². The first-order chi connectivity index (χ1) is 5.04. The van der Waals surface area contributed by atoms with Crippen LogP contribution in [0, 0.1) is 0 Å². The first kappa shape index (κ1) is 10.4. The fourth-order valence-electron chi connectivity index (χ4n) is 0.651. The molecule has 0 aliphatic carbocycles. The number of hydrogen-bond donors (Lipinski definition) is 1. The fourth-order valence-corrected chi connectivity index (χ4v) is 0.651. The largest absolute Gasteiger partial charge is 0.389 e. The third-order valence-electron chi connectivity index (χ3n) is 1.62. The van der Waals surface area contributed by atoms with Crippen LogP contribution in [-0.2, 0) is 0 Å². The molecule has 1 atom stereocenters. The molecular weight excluding hydrogens is 136 g/mol. The van der Waals surface area contributed by atoms with Gasteiger partial charge in [0.25, 0.3) is 0 Å². The lowest BCUT2D eigenvalue weighted by molar-refractivity contribution is 0.231. The van der Waals surface area contributed by atoms with Crippen LogP contribution < -0.4 is 0 Å². The minimum absolute atomic E-state index is 0.305. The SMILES string of the molecule is CC(C)=CC/C=C(/C)C(C)O. The van der Waals surface area contributed by atoms with Gasteiger partial charge in [-0.25, -0.2) is 0 Å². The van der Waals surface area contributed by atoms with Gasteiger partial charge < -0.3 is 5.11 Å². The van der Waals surface area contributed by atoms with Crippen LogP contribution in [-0.4, -0.2) is 11.2 Å². The fraction of sp³-hybridized carbons (Fsp3) is 0.600. The lowest BCUT2D eigenvalue weighted by Gasteiger charge is -2.02. The number of hydrogen-bond acceptors (Lipinski definition) is 1. The number of allylic oxidation sites excluding steroid dienone is 3. The molecule has 0 aromatic heterocycles. The molecule has 11 heavy (non-hydrogen) atoms. The highest BCUT2D eigenvalue weighted by atomic mass is 16.3. The first-order valence-corrected chi connectivity index (χ1v) is 4.02. The van der Waals surface area contributed by atoms with E-state index >= 15 is 0 Å². The molecule has 0 aromatic rings. The normalized spacial score (nSPS) is 14.5. The average Bonchev–Trinajstić information content (AvgIpc) is 1.86. The van der Waals surface area contributed by atoms with Crippen LogP contribution in [0.2, 0.25) is 0 Å². The molecule has 0 bridgehead atoms. The van der Waals surface area contributed by atoms with Gasteiger partial charge in [-0.2, -0.15) is 0 Å². The molecule has 1 nitrogen and oxygen atoms in total. The summed E-state index contributed by atoms with van der Waals surface area (Å²) in [4.78, 5) is 0. The summed E-state index contributed by atoms with van der Waals surface area (Å²) in [5.41, 5.74) is 2.36. The Kier molecular flexibility index (Phi) is 4.88. The summed E-state index contributed by atoms with van der Waals surface area (Å²) >= 11 is 0. The van der Waals surface area contributed by atoms with Gasteiger partial charge >= 0.3 is 0 Å². The van der Waals surface area contributed by atoms with Crippen LogP contribution >= 0.6 is 0 Å². The van der Waals surface area contributed by atoms with Crippen LogP contribution in [0.5, 0.6) is 0 Å². The van der Waals surface area contributed by atoms with Crippen molar-refractivity contribution in [2.45, 2.75) is 40.2 Å². The van der Waals surface area contributed by atoms with Crippen molar-refractivity contribution in [1.29, 1.82) is 0 Å². The molecule has 0 saturated heterocycles. The Morgan fingerprint density at radius 3 is 2.18 bits per heavy atom. The third-order valence-corrected chi connectivity index (χ3v) is 1.62. The molecule has 0 spiro atoms. The Labute approximate surface area is 69.4 Å². The first-order valence-electron chi connectivity index (χ1n) is 4.02. The van der Waals surface area contributed by atoms with E-state index in [-0.39, 0.29) is 6.10 Å². The van der Waals surface area contributed by atoms with Crippen molar-refractivity contribution < 1.29 is 5.11 Å². The summed E-state index contributed by atoms with van der Waals surface area (Å²) in [6.07, 6.45) is 4.82. The van der Waals surface area contributed by atoms with E-state index in [9.17, 15) is 0 Å². The van der Waals surface area contributed by atoms with Crippen LogP contribution in [0.25, 0.3) is 0 Å². The maximum Gasteiger partial charge on any atom is 0.0719 e. The summed E-state index contributed by atoms with van der Waals surface area (Å²) in [6.45, 7) is 7.88. The molecule has 0 fully saturated rings. The van der Waals surface area contributed by atoms with Crippen molar-refractivity contribution in [1.82, 2.24) is 0 Å². The lowest BCUT2D eigenvalue weighted by Crippen LogP contribution is -2.00. The minimum Gasteiger partial charge on any atom is -0.389 e. The summed E-state index contributed by atoms with van der Waals surface area (Å²) in [5, 5.41) is 9.10. The molecule has 0 radical (unpaired) electrons. The predicted octanol–water partition coefficient (Wildman–Crippen LogP) is 2.67. The highest BCUT2D eigenvalue weighted by Gasteiger charge is 1.94. The van der Waals surface area contributed by atoms with Gasteiger partial charge in [-0.05, 0) is 39.7 Å². The Hall–Kier alpha value is -0.560. The molecule has 1 N–H and O–H groups in total. The van der Waals surface area contributed by atoms with E-state index in [4.69, 9.17) is 5.11 Å². The Morgan fingerprint density at radius 1 is 1.27 bits per heavy atom. The summed E-state index contributed by atoms with van der Waals surface area (Å²) in [6, 6.07) is 0. The zero-order valence-corrected chi connectivity index (χ0v) is 7.89. The topological polar surface area (TPSA) is 20.2 Å². The zero-order valence-electron chi connectivity index (χ0n) is 7.89. The van der Waals surface area contributed by atoms with E-state index in [1.54, 1.807) is 6.92 Å². The van der Waals surface area contributed by atoms with E-state index in [2.05, 4.69) is 26.0 Å². The van der Waals surface area contributed by atoms with E-state index in [0.717, 1.165) is 12.0 Å². The van der Waals surface area contributed by atoms with Gasteiger partial charge in [-0.3, -0.25) is 0 Å². The van der Waals surface area contributed by atoms with Gasteiger partial charge in [0.05, 0.1) is 6.10 Å². The second-order valence-electron chi connectivity index (χ2n) is 3.14. The van der Waals surface area contributed by atoms with E-state index < -0.39 is 0 Å². The molecule has 0 aliphatic heterocycles. The highest BCUT2D eigenvalue weighted by molar-refractivity contribution is 5.07. The Morgan fingerprint density at radius 2 is 1.82 bits per heavy atom. The molecule has 0 saturated carbocycles. The van der Waals surface area contributed by atoms with Crippen molar-refractivity contribution >= 4 is 0 Å². The quantitative estimate of drug-likeness (QED) is 0.620. The zero-order chi connectivity index (χ0) is 8.85. The third kappa shape index (κ3) is 5.86. The smallest absolute Gasteiger partial charge is 0.0719 e. The summed E-state index contributed by atoms with van der Waals surface area (Å²) in [7, 11) is 0. The summed E-state index contributed by atoms with van der Waals surface area (Å²) < 4.78 is 0. The lowest BCUT2D eigenvalue weighted by atomic mass is 10.1. The molecule has 0 heterocycles. The predicted molar refractivity (Wildman–Crippen MR) is 49.5 cm³/mol. The monoisotopic (exact) mass is 154 g/mol. The number of rotatable bonds is 3. The summed E-state index contributed by atoms with van der Waals surface area (Å²) in [5.74, 6) is 0. The standard InChI is InChI=1S/C10H18O/c1-8(2)6-5-7-9(3)10(4)11/h6-7,10-11H,5H2,1-4H3/b9-7-. The van der Waals surface area contributed by atoms with Gasteiger partial charge in [0, 0.05) is 0 Å². The molecule has 0 aromatic carbocycles. The molecule has 0 rings (SSSR count). The molecule has 1 heteroatoms. The van der Waals surface area contributed by atoms with Crippen LogP contribution in [0.15, 0.2) is 23.3 Å². The van der Waals surface area contributed by atoms with Gasteiger partial charge in [0.1, 0.15) is 0 Å². The second kappa shape index (κ2) is 5.14. The Bertz CT molecular complexity index is 160. The van der Waals surface area contributed by atoms with Gasteiger partial charge in [-0.15, -0.1) is 0 Å². The van der Waals surface area contributed by atoms with Gasteiger partial charge in [-0.1, -0.05) is 17.7 Å². The molecule has 64 valence electrons. The molecule has 0 aliphatic rings. The van der Waals surface area contributed by atoms with Crippen LogP contribution in [0.4, 0.5) is 0 Å². The highest BCUT2D eigenvalue weighted by Crippen LogP contribution is 2.03. The average molecular weight is 154 g/mol. The van der Waals surface area contributed by atoms with E-state index in [0.29, 0.717) is 0 Å².